The van der Waals surface area contributed by atoms with Gasteiger partial charge < -0.3 is 10.6 Å². The number of fused-ring (bicyclic) bond motifs is 1. The minimum atomic E-state index is 0.207. The van der Waals surface area contributed by atoms with Gasteiger partial charge in [-0.05, 0) is 38.3 Å². The van der Waals surface area contributed by atoms with E-state index in [1.165, 1.54) is 29.1 Å². The van der Waals surface area contributed by atoms with Gasteiger partial charge in [0.25, 0.3) is 0 Å². The molecule has 1 aromatic carbocycles. The number of benzene rings is 1. The Morgan fingerprint density at radius 2 is 1.59 bits per heavy atom. The van der Waals surface area contributed by atoms with Crippen LogP contribution in [0.4, 0.5) is 0 Å². The molecule has 4 heteroatoms. The van der Waals surface area contributed by atoms with E-state index >= 15 is 0 Å². The van der Waals surface area contributed by atoms with Crippen molar-refractivity contribution in [3.8, 4) is 0 Å². The lowest BCUT2D eigenvalue weighted by molar-refractivity contribution is 0.327. The fraction of sp³-hybridized carbons (Fsp3) is 0.667. The van der Waals surface area contributed by atoms with Crippen molar-refractivity contribution >= 4 is 23.5 Å². The van der Waals surface area contributed by atoms with Crippen molar-refractivity contribution < 1.29 is 0 Å². The predicted octanol–water partition coefficient (Wildman–Crippen LogP) is 3.90. The summed E-state index contributed by atoms with van der Waals surface area (Å²) < 4.78 is 0. The minimum absolute atomic E-state index is 0.207. The third-order valence-corrected chi connectivity index (χ3v) is 6.06. The Kier molecular flexibility index (Phi) is 7.61. The highest BCUT2D eigenvalue weighted by molar-refractivity contribution is 7.98. The van der Waals surface area contributed by atoms with E-state index in [9.17, 15) is 0 Å². The standard InChI is InChI=1S/C18H30N2S2/c1-15-12-18(2,3)20-9-11-22-14-17-7-5-4-6-16(17)13-21-10-8-19-15/h4-7,15,19-20H,8-14H2,1-3H3/t15-/m1/s1. The van der Waals surface area contributed by atoms with E-state index in [4.69, 9.17) is 0 Å². The molecule has 0 bridgehead atoms. The Bertz CT molecular complexity index is 448. The van der Waals surface area contributed by atoms with Gasteiger partial charge in [0.1, 0.15) is 0 Å². The number of hydrogen-bond acceptors (Lipinski definition) is 4. The Morgan fingerprint density at radius 3 is 2.23 bits per heavy atom. The summed E-state index contributed by atoms with van der Waals surface area (Å²) >= 11 is 4.08. The second kappa shape index (κ2) is 9.21. The van der Waals surface area contributed by atoms with Crippen molar-refractivity contribution in [1.29, 1.82) is 0 Å². The number of hydrogen-bond donors (Lipinski definition) is 2. The lowest BCUT2D eigenvalue weighted by Gasteiger charge is -2.30. The van der Waals surface area contributed by atoms with E-state index in [0.717, 1.165) is 24.6 Å². The van der Waals surface area contributed by atoms with Crippen LogP contribution in [0.1, 0.15) is 38.3 Å². The number of nitrogens with one attached hydrogen (secondary N) is 2. The zero-order valence-corrected chi connectivity index (χ0v) is 15.8. The Morgan fingerprint density at radius 1 is 1.00 bits per heavy atom. The van der Waals surface area contributed by atoms with Crippen molar-refractivity contribution in [2.24, 2.45) is 0 Å². The van der Waals surface area contributed by atoms with Gasteiger partial charge in [0, 0.05) is 47.7 Å². The molecule has 1 aromatic rings. The Hall–Kier alpha value is -0.160. The van der Waals surface area contributed by atoms with Gasteiger partial charge in [0.2, 0.25) is 0 Å². The van der Waals surface area contributed by atoms with Crippen LogP contribution in [0.3, 0.4) is 0 Å². The molecule has 2 rings (SSSR count). The summed E-state index contributed by atoms with van der Waals surface area (Å²) in [7, 11) is 0. The van der Waals surface area contributed by atoms with Crippen LogP contribution in [0.2, 0.25) is 0 Å². The average molecular weight is 339 g/mol. The van der Waals surface area contributed by atoms with Crippen LogP contribution in [0, 0.1) is 0 Å². The summed E-state index contributed by atoms with van der Waals surface area (Å²) in [6.07, 6.45) is 1.17. The lowest BCUT2D eigenvalue weighted by atomic mass is 9.96. The maximum absolute atomic E-state index is 3.72. The summed E-state index contributed by atoms with van der Waals surface area (Å²) in [5.41, 5.74) is 3.23. The quantitative estimate of drug-likeness (QED) is 0.749. The van der Waals surface area contributed by atoms with Crippen molar-refractivity contribution in [3.63, 3.8) is 0 Å². The van der Waals surface area contributed by atoms with Crippen molar-refractivity contribution in [2.45, 2.75) is 50.3 Å². The molecule has 0 fully saturated rings. The molecule has 0 saturated heterocycles. The van der Waals surface area contributed by atoms with Gasteiger partial charge in [-0.3, -0.25) is 0 Å². The van der Waals surface area contributed by atoms with Crippen molar-refractivity contribution in [3.05, 3.63) is 35.4 Å². The number of rotatable bonds is 0. The Labute approximate surface area is 144 Å². The summed E-state index contributed by atoms with van der Waals surface area (Å²) in [5, 5.41) is 7.38. The molecule has 0 aromatic heterocycles. The first-order valence-corrected chi connectivity index (χ1v) is 10.6. The molecule has 0 saturated carbocycles. The smallest absolute Gasteiger partial charge is 0.0188 e. The van der Waals surface area contributed by atoms with Crippen molar-refractivity contribution in [1.82, 2.24) is 10.6 Å². The Balaban J connectivity index is 1.96. The molecular weight excluding hydrogens is 308 g/mol. The summed E-state index contributed by atoms with van der Waals surface area (Å²) in [6, 6.07) is 9.48. The molecule has 2 nitrogen and oxygen atoms in total. The molecule has 0 unspecified atom stereocenters. The van der Waals surface area contributed by atoms with E-state index < -0.39 is 0 Å². The van der Waals surface area contributed by atoms with Gasteiger partial charge >= 0.3 is 0 Å². The van der Waals surface area contributed by atoms with Crippen molar-refractivity contribution in [2.75, 3.05) is 24.6 Å². The predicted molar refractivity (Wildman–Crippen MR) is 103 cm³/mol. The largest absolute Gasteiger partial charge is 0.313 e. The van der Waals surface area contributed by atoms with E-state index in [1.807, 2.05) is 23.5 Å². The highest BCUT2D eigenvalue weighted by Crippen LogP contribution is 2.21. The van der Waals surface area contributed by atoms with Gasteiger partial charge in [0.15, 0.2) is 0 Å². The third-order valence-electron chi connectivity index (χ3n) is 4.04. The highest BCUT2D eigenvalue weighted by Gasteiger charge is 2.20. The molecule has 124 valence electrons. The maximum atomic E-state index is 3.72. The number of thioether (sulfide) groups is 2. The van der Waals surface area contributed by atoms with E-state index in [1.54, 1.807) is 0 Å². The minimum Gasteiger partial charge on any atom is -0.313 e. The van der Waals surface area contributed by atoms with Crippen LogP contribution in [0.25, 0.3) is 0 Å². The topological polar surface area (TPSA) is 24.1 Å². The molecule has 1 aliphatic rings. The van der Waals surface area contributed by atoms with Gasteiger partial charge in [-0.15, -0.1) is 0 Å². The molecule has 0 aliphatic carbocycles. The second-order valence-electron chi connectivity index (χ2n) is 6.74. The van der Waals surface area contributed by atoms with Crippen LogP contribution in [0.5, 0.6) is 0 Å². The van der Waals surface area contributed by atoms with Crippen LogP contribution in [0.15, 0.2) is 24.3 Å². The first kappa shape index (κ1) is 18.2. The molecular formula is C18H30N2S2. The fourth-order valence-corrected chi connectivity index (χ4v) is 4.75. The van der Waals surface area contributed by atoms with Gasteiger partial charge in [0.05, 0.1) is 0 Å². The first-order valence-electron chi connectivity index (χ1n) is 8.27. The van der Waals surface area contributed by atoms with Gasteiger partial charge in [-0.25, -0.2) is 0 Å². The van der Waals surface area contributed by atoms with E-state index in [2.05, 4.69) is 55.7 Å². The molecule has 22 heavy (non-hydrogen) atoms. The van der Waals surface area contributed by atoms with Crippen LogP contribution < -0.4 is 10.6 Å². The fourth-order valence-electron chi connectivity index (χ4n) is 2.95. The normalized spacial score (nSPS) is 24.8. The van der Waals surface area contributed by atoms with Crippen LogP contribution >= 0.6 is 23.5 Å². The first-order chi connectivity index (χ1) is 10.6. The van der Waals surface area contributed by atoms with E-state index in [0.29, 0.717) is 6.04 Å². The lowest BCUT2D eigenvalue weighted by Crippen LogP contribution is -2.45. The van der Waals surface area contributed by atoms with Gasteiger partial charge in [-0.2, -0.15) is 23.5 Å². The SMILES string of the molecule is C[C@@H]1CC(C)(C)NCCSCc2ccccc2CSCCN1. The highest BCUT2D eigenvalue weighted by atomic mass is 32.2. The molecule has 0 radical (unpaired) electrons. The molecule has 1 heterocycles. The van der Waals surface area contributed by atoms with Gasteiger partial charge in [-0.1, -0.05) is 24.3 Å². The summed E-state index contributed by atoms with van der Waals surface area (Å²) in [6.45, 7) is 9.12. The van der Waals surface area contributed by atoms with E-state index in [-0.39, 0.29) is 5.54 Å². The summed E-state index contributed by atoms with van der Waals surface area (Å²) in [4.78, 5) is 0. The molecule has 1 aliphatic heterocycles. The monoisotopic (exact) mass is 338 g/mol. The molecule has 0 amide bonds. The zero-order chi connectivity index (χ0) is 15.8. The summed E-state index contributed by atoms with van der Waals surface area (Å²) in [5.74, 6) is 4.62. The van der Waals surface area contributed by atoms with Crippen LogP contribution in [-0.2, 0) is 11.5 Å². The maximum Gasteiger partial charge on any atom is 0.0188 e. The zero-order valence-electron chi connectivity index (χ0n) is 14.2. The molecule has 2 N–H and O–H groups in total. The molecule has 1 atom stereocenters. The van der Waals surface area contributed by atoms with Crippen LogP contribution in [-0.4, -0.2) is 36.2 Å². The third kappa shape index (κ3) is 6.53. The molecule has 0 spiro atoms. The average Bonchev–Trinajstić information content (AvgIpc) is 2.47. The second-order valence-corrected chi connectivity index (χ2v) is 8.95.